The molecule has 1 amide bonds. The van der Waals surface area contributed by atoms with Gasteiger partial charge in [0.05, 0.1) is 25.1 Å². The number of anilines is 2. The fourth-order valence-corrected chi connectivity index (χ4v) is 2.31. The molecule has 120 valence electrons. The van der Waals surface area contributed by atoms with Crippen LogP contribution >= 0.6 is 0 Å². The zero-order valence-corrected chi connectivity index (χ0v) is 13.2. The van der Waals surface area contributed by atoms with Crippen molar-refractivity contribution in [3.05, 3.63) is 18.2 Å². The highest BCUT2D eigenvalue weighted by atomic mass is 16.5. The van der Waals surface area contributed by atoms with E-state index in [9.17, 15) is 9.59 Å². The van der Waals surface area contributed by atoms with Crippen LogP contribution in [0, 0.1) is 0 Å². The first-order valence-electron chi connectivity index (χ1n) is 7.48. The Hall–Kier alpha value is -2.24. The van der Waals surface area contributed by atoms with Crippen molar-refractivity contribution in [2.45, 2.75) is 32.7 Å². The molecular weight excluding hydrogens is 284 g/mol. The summed E-state index contributed by atoms with van der Waals surface area (Å²) in [7, 11) is 1.59. The summed E-state index contributed by atoms with van der Waals surface area (Å²) in [4.78, 5) is 25.7. The fraction of sp³-hybridized carbons (Fsp3) is 0.500. The minimum Gasteiger partial charge on any atom is -0.497 e. The van der Waals surface area contributed by atoms with E-state index >= 15 is 0 Å². The van der Waals surface area contributed by atoms with E-state index in [4.69, 9.17) is 9.47 Å². The minimum atomic E-state index is -0.400. The van der Waals surface area contributed by atoms with Crippen molar-refractivity contribution < 1.29 is 19.1 Å². The maximum atomic E-state index is 12.3. The summed E-state index contributed by atoms with van der Waals surface area (Å²) < 4.78 is 10.3. The number of nitrogens with zero attached hydrogens (tertiary/aromatic N) is 1. The first kappa shape index (κ1) is 16.1. The molecule has 6 nitrogen and oxygen atoms in total. The fourth-order valence-electron chi connectivity index (χ4n) is 2.31. The van der Waals surface area contributed by atoms with E-state index in [0.717, 1.165) is 18.5 Å². The van der Waals surface area contributed by atoms with Crippen LogP contribution in [0.15, 0.2) is 18.2 Å². The van der Waals surface area contributed by atoms with Crippen molar-refractivity contribution >= 4 is 23.3 Å². The van der Waals surface area contributed by atoms with Gasteiger partial charge in [0.1, 0.15) is 18.3 Å². The van der Waals surface area contributed by atoms with Crippen LogP contribution in [-0.4, -0.2) is 38.2 Å². The highest BCUT2D eigenvalue weighted by Crippen LogP contribution is 2.34. The number of hydrogen-bond acceptors (Lipinski definition) is 5. The standard InChI is InChI=1S/C16H22N2O4/c1-4-5-8-22-15(19)10-18-14-7-6-12(21-3)9-13(14)17-11(2)16(18)20/h6-7,9,11,17H,4-5,8,10H2,1-3H3. The van der Waals surface area contributed by atoms with Gasteiger partial charge in [-0.2, -0.15) is 0 Å². The number of amides is 1. The van der Waals surface area contributed by atoms with Gasteiger partial charge in [0.15, 0.2) is 0 Å². The molecule has 1 aliphatic rings. The number of esters is 1. The predicted octanol–water partition coefficient (Wildman–Crippen LogP) is 2.19. The summed E-state index contributed by atoms with van der Waals surface area (Å²) in [6.45, 7) is 4.10. The Morgan fingerprint density at radius 1 is 1.41 bits per heavy atom. The molecule has 0 saturated heterocycles. The SMILES string of the molecule is CCCCOC(=O)CN1C(=O)C(C)Nc2cc(OC)ccc21. The second-order valence-electron chi connectivity index (χ2n) is 5.25. The van der Waals surface area contributed by atoms with Crippen molar-refractivity contribution in [1.82, 2.24) is 0 Å². The second-order valence-corrected chi connectivity index (χ2v) is 5.25. The van der Waals surface area contributed by atoms with Crippen LogP contribution in [0.5, 0.6) is 5.75 Å². The van der Waals surface area contributed by atoms with Crippen LogP contribution in [0.1, 0.15) is 26.7 Å². The molecule has 1 heterocycles. The van der Waals surface area contributed by atoms with Gasteiger partial charge in [0, 0.05) is 6.07 Å². The normalized spacial score (nSPS) is 16.8. The van der Waals surface area contributed by atoms with E-state index in [2.05, 4.69) is 5.32 Å². The molecule has 0 spiro atoms. The van der Waals surface area contributed by atoms with Gasteiger partial charge in [-0.1, -0.05) is 13.3 Å². The van der Waals surface area contributed by atoms with Gasteiger partial charge in [-0.15, -0.1) is 0 Å². The van der Waals surface area contributed by atoms with E-state index in [1.807, 2.05) is 13.0 Å². The van der Waals surface area contributed by atoms with E-state index < -0.39 is 12.0 Å². The van der Waals surface area contributed by atoms with Gasteiger partial charge in [-0.3, -0.25) is 14.5 Å². The Balaban J connectivity index is 2.16. The number of unbranched alkanes of at least 4 members (excludes halogenated alkanes) is 1. The Morgan fingerprint density at radius 3 is 2.86 bits per heavy atom. The largest absolute Gasteiger partial charge is 0.497 e. The molecule has 0 fully saturated rings. The van der Waals surface area contributed by atoms with Gasteiger partial charge >= 0.3 is 5.97 Å². The molecule has 0 radical (unpaired) electrons. The predicted molar refractivity (Wildman–Crippen MR) is 84.3 cm³/mol. The summed E-state index contributed by atoms with van der Waals surface area (Å²) in [6.07, 6.45) is 1.78. The van der Waals surface area contributed by atoms with Crippen LogP contribution in [-0.2, 0) is 14.3 Å². The number of methoxy groups -OCH3 is 1. The van der Waals surface area contributed by atoms with Crippen LogP contribution in [0.4, 0.5) is 11.4 Å². The van der Waals surface area contributed by atoms with E-state index in [0.29, 0.717) is 18.0 Å². The van der Waals surface area contributed by atoms with Crippen LogP contribution < -0.4 is 15.0 Å². The Bertz CT molecular complexity index is 559. The van der Waals surface area contributed by atoms with Gasteiger partial charge < -0.3 is 14.8 Å². The van der Waals surface area contributed by atoms with Gasteiger partial charge in [-0.25, -0.2) is 0 Å². The highest BCUT2D eigenvalue weighted by molar-refractivity contribution is 6.07. The average Bonchev–Trinajstić information content (AvgIpc) is 2.51. The molecule has 0 aromatic heterocycles. The number of carbonyl (C=O) groups excluding carboxylic acids is 2. The smallest absolute Gasteiger partial charge is 0.326 e. The van der Waals surface area contributed by atoms with Crippen molar-refractivity contribution in [1.29, 1.82) is 0 Å². The van der Waals surface area contributed by atoms with Crippen molar-refractivity contribution in [2.24, 2.45) is 0 Å². The third-order valence-electron chi connectivity index (χ3n) is 3.55. The molecular formula is C16H22N2O4. The first-order valence-corrected chi connectivity index (χ1v) is 7.48. The quantitative estimate of drug-likeness (QED) is 0.644. The van der Waals surface area contributed by atoms with Crippen molar-refractivity contribution in [3.63, 3.8) is 0 Å². The lowest BCUT2D eigenvalue weighted by molar-refractivity contribution is -0.143. The Kier molecular flexibility index (Phi) is 5.25. The lowest BCUT2D eigenvalue weighted by Crippen LogP contribution is -2.48. The number of benzene rings is 1. The molecule has 2 rings (SSSR count). The Labute approximate surface area is 130 Å². The zero-order valence-electron chi connectivity index (χ0n) is 13.2. The number of rotatable bonds is 6. The number of carbonyl (C=O) groups is 2. The molecule has 0 saturated carbocycles. The molecule has 1 N–H and O–H groups in total. The number of fused-ring (bicyclic) bond motifs is 1. The average molecular weight is 306 g/mol. The summed E-state index contributed by atoms with van der Waals surface area (Å²) >= 11 is 0. The lowest BCUT2D eigenvalue weighted by Gasteiger charge is -2.33. The monoisotopic (exact) mass is 306 g/mol. The number of nitrogens with one attached hydrogen (secondary N) is 1. The van der Waals surface area contributed by atoms with E-state index in [1.165, 1.54) is 4.90 Å². The molecule has 1 unspecified atom stereocenters. The van der Waals surface area contributed by atoms with Crippen molar-refractivity contribution in [3.8, 4) is 5.75 Å². The highest BCUT2D eigenvalue weighted by Gasteiger charge is 2.31. The van der Waals surface area contributed by atoms with Crippen LogP contribution in [0.3, 0.4) is 0 Å². The van der Waals surface area contributed by atoms with Gasteiger partial charge in [-0.05, 0) is 25.5 Å². The van der Waals surface area contributed by atoms with Crippen molar-refractivity contribution in [2.75, 3.05) is 30.5 Å². The number of ether oxygens (including phenoxy) is 2. The summed E-state index contributed by atoms with van der Waals surface area (Å²) in [5.74, 6) is 0.154. The molecule has 1 aromatic carbocycles. The van der Waals surface area contributed by atoms with Crippen LogP contribution in [0.25, 0.3) is 0 Å². The Morgan fingerprint density at radius 2 is 2.18 bits per heavy atom. The molecule has 0 bridgehead atoms. The molecule has 0 aliphatic carbocycles. The van der Waals surface area contributed by atoms with Crippen LogP contribution in [0.2, 0.25) is 0 Å². The third-order valence-corrected chi connectivity index (χ3v) is 3.55. The molecule has 22 heavy (non-hydrogen) atoms. The van der Waals surface area contributed by atoms with Gasteiger partial charge in [0.2, 0.25) is 5.91 Å². The molecule has 1 aromatic rings. The molecule has 1 aliphatic heterocycles. The lowest BCUT2D eigenvalue weighted by atomic mass is 10.1. The van der Waals surface area contributed by atoms with E-state index in [-0.39, 0.29) is 12.5 Å². The third kappa shape index (κ3) is 3.50. The minimum absolute atomic E-state index is 0.0755. The first-order chi connectivity index (χ1) is 10.6. The summed E-state index contributed by atoms with van der Waals surface area (Å²) in [5, 5.41) is 3.12. The van der Waals surface area contributed by atoms with Gasteiger partial charge in [0.25, 0.3) is 0 Å². The summed E-state index contributed by atoms with van der Waals surface area (Å²) in [6, 6.07) is 4.94. The summed E-state index contributed by atoms with van der Waals surface area (Å²) in [5.41, 5.74) is 1.43. The van der Waals surface area contributed by atoms with E-state index in [1.54, 1.807) is 26.2 Å². The molecule has 6 heteroatoms. The maximum absolute atomic E-state index is 12.3. The maximum Gasteiger partial charge on any atom is 0.326 e. The number of hydrogen-bond donors (Lipinski definition) is 1. The molecule has 1 atom stereocenters. The second kappa shape index (κ2) is 7.15. The topological polar surface area (TPSA) is 67.9 Å². The zero-order chi connectivity index (χ0) is 16.1.